The fourth-order valence-corrected chi connectivity index (χ4v) is 5.55. The number of hydrogen-bond donors (Lipinski definition) is 3. The van der Waals surface area contributed by atoms with Crippen LogP contribution in [0.1, 0.15) is 45.9 Å². The fraction of sp³-hybridized carbons (Fsp3) is 0.257. The van der Waals surface area contributed by atoms with Gasteiger partial charge in [-0.25, -0.2) is 10.4 Å². The molecule has 0 aromatic heterocycles. The Labute approximate surface area is 277 Å². The molecule has 0 saturated heterocycles. The lowest BCUT2D eigenvalue weighted by molar-refractivity contribution is -0.130. The van der Waals surface area contributed by atoms with Crippen LogP contribution in [0, 0.1) is 6.92 Å². The Bertz CT molecular complexity index is 1870. The average Bonchev–Trinajstić information content (AvgIpc) is 3.49. The van der Waals surface area contributed by atoms with Gasteiger partial charge in [0.2, 0.25) is 5.90 Å². The van der Waals surface area contributed by atoms with Gasteiger partial charge in [-0.15, -0.1) is 0 Å². The number of aliphatic hydroxyl groups is 1. The minimum absolute atomic E-state index is 0.00647. The molecule has 48 heavy (non-hydrogen) atoms. The van der Waals surface area contributed by atoms with Gasteiger partial charge in [0.15, 0.2) is 11.6 Å². The van der Waals surface area contributed by atoms with E-state index in [-0.39, 0.29) is 25.5 Å². The van der Waals surface area contributed by atoms with Crippen LogP contribution >= 0.6 is 0 Å². The second-order valence-electron chi connectivity index (χ2n) is 11.2. The van der Waals surface area contributed by atoms with E-state index in [0.717, 1.165) is 11.1 Å². The van der Waals surface area contributed by atoms with Crippen molar-refractivity contribution in [1.29, 1.82) is 0 Å². The van der Waals surface area contributed by atoms with Gasteiger partial charge >= 0.3 is 0 Å². The van der Waals surface area contributed by atoms with Crippen molar-refractivity contribution in [2.24, 2.45) is 15.2 Å². The molecule has 4 aromatic rings. The van der Waals surface area contributed by atoms with E-state index >= 15 is 0 Å². The van der Waals surface area contributed by atoms with Gasteiger partial charge in [0, 0.05) is 47.1 Å². The number of aryl methyl sites for hydroxylation is 1. The molecule has 3 N–H and O–H groups in total. The molecule has 244 valence electrons. The zero-order valence-electron chi connectivity index (χ0n) is 26.4. The summed E-state index contributed by atoms with van der Waals surface area (Å²) in [5, 5.41) is 16.8. The summed E-state index contributed by atoms with van der Waals surface area (Å²) in [5.41, 5.74) is 27.6. The Morgan fingerprint density at radius 2 is 1.77 bits per heavy atom. The van der Waals surface area contributed by atoms with Gasteiger partial charge in [-0.3, -0.25) is 10.2 Å². The van der Waals surface area contributed by atoms with Gasteiger partial charge < -0.3 is 14.6 Å². The Morgan fingerprint density at radius 3 is 2.52 bits per heavy atom. The lowest BCUT2D eigenvalue weighted by atomic mass is 9.80. The normalized spacial score (nSPS) is 16.5. The third-order valence-corrected chi connectivity index (χ3v) is 7.85. The molecule has 4 aromatic carbocycles. The van der Waals surface area contributed by atoms with Crippen molar-refractivity contribution in [3.63, 3.8) is 0 Å². The molecule has 0 radical (unpaired) electrons. The second kappa shape index (κ2) is 16.1. The SMILES string of the molecule is Cc1cccc(CNNC(=O)[C@@]2(Cc3ccccc3N=[N+]=[N-])N=C(c3ccc(OCCCO)cc3)O[C@H]2c2ccccc2CN=[N+]=[N-])c1. The fourth-order valence-electron chi connectivity index (χ4n) is 5.55. The Morgan fingerprint density at radius 1 is 1.00 bits per heavy atom. The molecular weight excluding hydrogens is 610 g/mol. The van der Waals surface area contributed by atoms with E-state index in [9.17, 15) is 10.3 Å². The number of hydrogen-bond acceptors (Lipinski definition) is 8. The van der Waals surface area contributed by atoms with Crippen LogP contribution in [0.3, 0.4) is 0 Å². The summed E-state index contributed by atoms with van der Waals surface area (Å²) in [5.74, 6) is 0.346. The van der Waals surface area contributed by atoms with Crippen molar-refractivity contribution < 1.29 is 19.4 Å². The first-order valence-corrected chi connectivity index (χ1v) is 15.4. The van der Waals surface area contributed by atoms with Crippen LogP contribution in [0.4, 0.5) is 5.69 Å². The largest absolute Gasteiger partial charge is 0.494 e. The number of carbonyl (C=O) groups is 1. The predicted molar refractivity (Wildman–Crippen MR) is 181 cm³/mol. The molecule has 1 heterocycles. The van der Waals surface area contributed by atoms with E-state index in [2.05, 4.69) is 30.9 Å². The number of ether oxygens (including phenoxy) is 2. The first-order chi connectivity index (χ1) is 23.5. The maximum atomic E-state index is 14.6. The average molecular weight is 646 g/mol. The zero-order chi connectivity index (χ0) is 33.8. The Balaban J connectivity index is 1.61. The van der Waals surface area contributed by atoms with Gasteiger partial charge in [0.25, 0.3) is 5.91 Å². The van der Waals surface area contributed by atoms with Crippen LogP contribution in [0.15, 0.2) is 112 Å². The summed E-state index contributed by atoms with van der Waals surface area (Å²) in [4.78, 5) is 25.6. The maximum absolute atomic E-state index is 14.6. The summed E-state index contributed by atoms with van der Waals surface area (Å²) in [6.45, 7) is 2.77. The van der Waals surface area contributed by atoms with E-state index in [0.29, 0.717) is 53.3 Å². The highest BCUT2D eigenvalue weighted by Crippen LogP contribution is 2.44. The molecule has 0 aliphatic carbocycles. The van der Waals surface area contributed by atoms with Crippen LogP contribution in [0.5, 0.6) is 5.75 Å². The molecular formula is C35H35N9O4. The number of nitrogens with one attached hydrogen (secondary N) is 2. The van der Waals surface area contributed by atoms with Gasteiger partial charge in [-0.2, -0.15) is 0 Å². The number of azide groups is 2. The van der Waals surface area contributed by atoms with Gasteiger partial charge in [-0.1, -0.05) is 88.6 Å². The van der Waals surface area contributed by atoms with Crippen LogP contribution in [-0.4, -0.2) is 35.7 Å². The monoisotopic (exact) mass is 645 g/mol. The molecule has 5 rings (SSSR count). The Hall–Kier alpha value is -5.84. The highest BCUT2D eigenvalue weighted by molar-refractivity contribution is 6.01. The van der Waals surface area contributed by atoms with E-state index in [1.54, 1.807) is 48.5 Å². The Kier molecular flexibility index (Phi) is 11.3. The van der Waals surface area contributed by atoms with Crippen molar-refractivity contribution in [2.75, 3.05) is 13.2 Å². The third-order valence-electron chi connectivity index (χ3n) is 7.85. The molecule has 13 nitrogen and oxygen atoms in total. The number of carbonyl (C=O) groups excluding carboxylic acids is 1. The van der Waals surface area contributed by atoms with Crippen LogP contribution < -0.4 is 15.6 Å². The highest BCUT2D eigenvalue weighted by Gasteiger charge is 2.54. The zero-order valence-corrected chi connectivity index (χ0v) is 26.4. The quantitative estimate of drug-likeness (QED) is 0.0419. The predicted octanol–water partition coefficient (Wildman–Crippen LogP) is 6.83. The molecule has 0 bridgehead atoms. The number of nitrogens with zero attached hydrogens (tertiary/aromatic N) is 7. The first-order valence-electron chi connectivity index (χ1n) is 15.4. The van der Waals surface area contributed by atoms with Gasteiger partial charge in [0.1, 0.15) is 5.75 Å². The molecule has 0 saturated carbocycles. The van der Waals surface area contributed by atoms with Gasteiger partial charge in [-0.05, 0) is 64.5 Å². The van der Waals surface area contributed by atoms with Crippen LogP contribution in [0.2, 0.25) is 0 Å². The summed E-state index contributed by atoms with van der Waals surface area (Å²) in [6, 6.07) is 29.3. The smallest absolute Gasteiger partial charge is 0.266 e. The third kappa shape index (κ3) is 7.92. The molecule has 0 unspecified atom stereocenters. The van der Waals surface area contributed by atoms with Crippen molar-refractivity contribution in [1.82, 2.24) is 10.9 Å². The summed E-state index contributed by atoms with van der Waals surface area (Å²) in [7, 11) is 0. The molecule has 1 aliphatic heterocycles. The summed E-state index contributed by atoms with van der Waals surface area (Å²) < 4.78 is 12.3. The lowest BCUT2D eigenvalue weighted by Gasteiger charge is -2.32. The number of aliphatic imine (C=N–C) groups is 1. The van der Waals surface area contributed by atoms with Crippen molar-refractivity contribution in [2.45, 2.75) is 44.5 Å². The minimum Gasteiger partial charge on any atom is -0.494 e. The van der Waals surface area contributed by atoms with Crippen molar-refractivity contribution >= 4 is 17.5 Å². The number of benzene rings is 4. The van der Waals surface area contributed by atoms with Crippen LogP contribution in [-0.2, 0) is 29.0 Å². The minimum atomic E-state index is -1.61. The van der Waals surface area contributed by atoms with Crippen LogP contribution in [0.25, 0.3) is 20.9 Å². The van der Waals surface area contributed by atoms with E-state index in [4.69, 9.17) is 25.1 Å². The molecule has 0 fully saturated rings. The second-order valence-corrected chi connectivity index (χ2v) is 11.2. The summed E-state index contributed by atoms with van der Waals surface area (Å²) in [6.07, 6.45) is -0.466. The standard InChI is InChI=1S/C35H35N9O4/c1-24-8-6-9-25(20-24)22-38-42-34(46)35(21-27-10-3-5-13-31(27)41-44-37)32(30-12-4-2-11-28(30)23-39-43-36)48-33(40-35)26-14-16-29(17-15-26)47-19-7-18-45/h2-6,8-17,20,32,38,45H,7,18-19,21-23H2,1H3,(H,42,46)/t32-,35-/m0/s1. The van der Waals surface area contributed by atoms with Crippen molar-refractivity contribution in [3.05, 3.63) is 151 Å². The molecule has 13 heteroatoms. The topological polar surface area (TPSA) is 190 Å². The molecule has 1 aliphatic rings. The number of aliphatic hydroxyl groups excluding tert-OH is 1. The molecule has 2 atom stereocenters. The number of rotatable bonds is 15. The highest BCUT2D eigenvalue weighted by atomic mass is 16.5. The van der Waals surface area contributed by atoms with Gasteiger partial charge in [0.05, 0.1) is 13.2 Å². The lowest BCUT2D eigenvalue weighted by Crippen LogP contribution is -2.53. The number of hydrazine groups is 1. The van der Waals surface area contributed by atoms with E-state index < -0.39 is 17.6 Å². The van der Waals surface area contributed by atoms with E-state index in [1.165, 1.54) is 0 Å². The number of amides is 1. The molecule has 0 spiro atoms. The summed E-state index contributed by atoms with van der Waals surface area (Å²) >= 11 is 0. The van der Waals surface area contributed by atoms with Crippen molar-refractivity contribution in [3.8, 4) is 5.75 Å². The van der Waals surface area contributed by atoms with E-state index in [1.807, 2.05) is 55.5 Å². The molecule has 1 amide bonds. The maximum Gasteiger partial charge on any atom is 0.266 e. The first kappa shape index (κ1) is 33.5.